The number of carbonyl (C=O) groups excluding carboxylic acids is 7. The Morgan fingerprint density at radius 1 is 0.676 bits per heavy atom. The molecule has 0 aromatic rings. The van der Waals surface area contributed by atoms with Crippen molar-refractivity contribution in [2.24, 2.45) is 11.1 Å². The van der Waals surface area contributed by atoms with Crippen LogP contribution in [0.15, 0.2) is 12.2 Å². The quantitative estimate of drug-likeness (QED) is 0.0229. The lowest BCUT2D eigenvalue weighted by Gasteiger charge is -2.33. The number of carboxylic acid groups (broad SMARTS) is 1. The second-order valence-corrected chi connectivity index (χ2v) is 28.6. The second kappa shape index (κ2) is 29.8. The van der Waals surface area contributed by atoms with Crippen LogP contribution in [0.1, 0.15) is 155 Å². The van der Waals surface area contributed by atoms with Crippen LogP contribution in [0.2, 0.25) is 0 Å². The maximum Gasteiger partial charge on any atom is 0.303 e. The number of nitrogens with zero attached hydrogens (tertiary/aromatic N) is 1. The van der Waals surface area contributed by atoms with E-state index in [0.717, 1.165) is 17.1 Å². The first kappa shape index (κ1) is 66.0. The number of carbonyl (C=O) groups is 8. The monoisotopic (exact) mass is 1080 g/mol. The van der Waals surface area contributed by atoms with Gasteiger partial charge in [0.1, 0.15) is 24.2 Å². The summed E-state index contributed by atoms with van der Waals surface area (Å²) in [6.07, 6.45) is 4.48. The van der Waals surface area contributed by atoms with E-state index in [1.165, 1.54) is 21.6 Å². The van der Waals surface area contributed by atoms with Crippen molar-refractivity contribution in [2.45, 2.75) is 206 Å². The molecule has 0 spiro atoms. The van der Waals surface area contributed by atoms with Crippen molar-refractivity contribution in [3.8, 4) is 0 Å². The van der Waals surface area contributed by atoms with Crippen LogP contribution < -0.4 is 32.3 Å². The zero-order valence-corrected chi connectivity index (χ0v) is 48.3. The average Bonchev–Trinajstić information content (AvgIpc) is 3.56. The van der Waals surface area contributed by atoms with E-state index in [2.05, 4.69) is 26.6 Å². The summed E-state index contributed by atoms with van der Waals surface area (Å²) in [6.45, 7) is 29.4. The van der Waals surface area contributed by atoms with Crippen molar-refractivity contribution in [3.05, 3.63) is 12.2 Å². The number of hydrogen-bond donors (Lipinski definition) is 7. The highest BCUT2D eigenvalue weighted by Crippen LogP contribution is 2.36. The highest BCUT2D eigenvalue weighted by atomic mass is 33.1. The van der Waals surface area contributed by atoms with E-state index in [4.69, 9.17) is 15.2 Å². The van der Waals surface area contributed by atoms with Crippen molar-refractivity contribution in [3.63, 3.8) is 0 Å². The van der Waals surface area contributed by atoms with Gasteiger partial charge in [-0.25, -0.2) is 0 Å². The molecule has 1 aliphatic heterocycles. The number of aliphatic carboxylic acids is 1. The highest BCUT2D eigenvalue weighted by molar-refractivity contribution is 8.77. The van der Waals surface area contributed by atoms with E-state index in [0.29, 0.717) is 45.1 Å². The smallest absolute Gasteiger partial charge is 0.303 e. The molecule has 0 aromatic heterocycles. The van der Waals surface area contributed by atoms with Gasteiger partial charge in [-0.3, -0.25) is 43.3 Å². The third-order valence-electron chi connectivity index (χ3n) is 11.0. The van der Waals surface area contributed by atoms with E-state index in [1.807, 2.05) is 90.0 Å². The first-order valence-corrected chi connectivity index (χ1v) is 29.1. The molecule has 0 saturated heterocycles. The third-order valence-corrected chi connectivity index (χ3v) is 17.7. The van der Waals surface area contributed by atoms with Crippen LogP contribution in [0, 0.1) is 5.41 Å². The maximum atomic E-state index is 14.5. The first-order chi connectivity index (χ1) is 32.5. The Hall–Kier alpha value is -3.02. The molecular weight excluding hydrogens is 991 g/mol. The molecule has 0 fully saturated rings. The molecule has 0 saturated carbocycles. The third kappa shape index (κ3) is 27.2. The fourth-order valence-electron chi connectivity index (χ4n) is 6.43. The van der Waals surface area contributed by atoms with Gasteiger partial charge in [-0.15, -0.1) is 0 Å². The SMILES string of the molecule is CCC(C)(CCC(=O)O)OCCC(C)(C)NC(=O)C(CSSC(C)(C)C)NC(=O)C(CCCCNC(=O)C(CN)N1C(=O)C=CC1=O)NC(=O)C(CSSC(C)(C)C)NC(=O)C(C)(C)CCOC(C)(C)C. The number of nitrogens with one attached hydrogen (secondary N) is 5. The van der Waals surface area contributed by atoms with E-state index < -0.39 is 87.7 Å². The van der Waals surface area contributed by atoms with Crippen molar-refractivity contribution >= 4 is 90.5 Å². The topological polar surface area (TPSA) is 265 Å². The van der Waals surface area contributed by atoms with Gasteiger partial charge in [0.05, 0.1) is 11.2 Å². The summed E-state index contributed by atoms with van der Waals surface area (Å²) in [7, 11) is 5.92. The minimum Gasteiger partial charge on any atom is -0.481 e. The Kier molecular flexibility index (Phi) is 27.7. The summed E-state index contributed by atoms with van der Waals surface area (Å²) in [5.41, 5.74) is 3.00. The Morgan fingerprint density at radius 3 is 1.68 bits per heavy atom. The van der Waals surface area contributed by atoms with Gasteiger partial charge in [-0.2, -0.15) is 0 Å². The van der Waals surface area contributed by atoms with E-state index >= 15 is 0 Å². The Labute approximate surface area is 439 Å². The fraction of sp³-hybridized carbons (Fsp3) is 0.796. The average molecular weight is 1080 g/mol. The molecule has 7 amide bonds. The molecule has 5 atom stereocenters. The molecule has 8 N–H and O–H groups in total. The van der Waals surface area contributed by atoms with Crippen LogP contribution in [0.25, 0.3) is 0 Å². The van der Waals surface area contributed by atoms with Crippen LogP contribution in [0.3, 0.4) is 0 Å². The molecule has 1 aliphatic rings. The summed E-state index contributed by atoms with van der Waals surface area (Å²) in [6, 6.07) is -4.52. The maximum absolute atomic E-state index is 14.5. The summed E-state index contributed by atoms with van der Waals surface area (Å²) >= 11 is 0. The number of unbranched alkanes of at least 4 members (excludes halogenated alkanes) is 1. The van der Waals surface area contributed by atoms with Gasteiger partial charge in [0.25, 0.3) is 11.8 Å². The predicted octanol–water partition coefficient (Wildman–Crippen LogP) is 5.91. The number of imide groups is 1. The molecule has 1 heterocycles. The van der Waals surface area contributed by atoms with Crippen LogP contribution in [0.5, 0.6) is 0 Å². The number of amides is 7. The van der Waals surface area contributed by atoms with Gasteiger partial charge in [0.15, 0.2) is 0 Å². The normalized spacial score (nSPS) is 16.1. The molecule has 0 aromatic carbocycles. The van der Waals surface area contributed by atoms with Crippen LogP contribution in [-0.4, -0.2) is 146 Å². The van der Waals surface area contributed by atoms with Gasteiger partial charge in [-0.1, -0.05) is 105 Å². The second-order valence-electron chi connectivity index (χ2n) is 22.3. The molecule has 0 bridgehead atoms. The zero-order chi connectivity index (χ0) is 54.6. The van der Waals surface area contributed by atoms with Crippen molar-refractivity contribution < 1.29 is 52.9 Å². The number of hydrogen-bond acceptors (Lipinski definition) is 15. The molecule has 18 nitrogen and oxygen atoms in total. The molecule has 0 radical (unpaired) electrons. The lowest BCUT2D eigenvalue weighted by molar-refractivity contribution is -0.145. The van der Waals surface area contributed by atoms with Crippen LogP contribution in [0.4, 0.5) is 0 Å². The van der Waals surface area contributed by atoms with Crippen molar-refractivity contribution in [2.75, 3.05) is 37.8 Å². The zero-order valence-electron chi connectivity index (χ0n) is 45.1. The molecule has 408 valence electrons. The Morgan fingerprint density at radius 2 is 1.18 bits per heavy atom. The van der Waals surface area contributed by atoms with Gasteiger partial charge < -0.3 is 46.9 Å². The van der Waals surface area contributed by atoms with E-state index in [-0.39, 0.29) is 59.4 Å². The predicted molar refractivity (Wildman–Crippen MR) is 289 cm³/mol. The van der Waals surface area contributed by atoms with E-state index in [9.17, 15) is 43.5 Å². The molecule has 71 heavy (non-hydrogen) atoms. The lowest BCUT2D eigenvalue weighted by atomic mass is 9.88. The van der Waals surface area contributed by atoms with Gasteiger partial charge in [-0.05, 0) is 86.5 Å². The van der Waals surface area contributed by atoms with Gasteiger partial charge >= 0.3 is 5.97 Å². The van der Waals surface area contributed by atoms with Crippen LogP contribution in [-0.2, 0) is 47.8 Å². The summed E-state index contributed by atoms with van der Waals surface area (Å²) in [5.74, 6) is -4.52. The van der Waals surface area contributed by atoms with Crippen LogP contribution >= 0.6 is 43.2 Å². The van der Waals surface area contributed by atoms with Gasteiger partial charge in [0.2, 0.25) is 29.5 Å². The lowest BCUT2D eigenvalue weighted by Crippen LogP contribution is -2.59. The standard InChI is InChI=1S/C49H87N7O11S4/c1-16-49(15,23-22-38(59)60)67-28-25-48(13,14)55-41(63)34(31-69-71-46(8,9)10)53-39(61)32(19-17-18-26-51-42(64)35(29-50)56-36(57)20-21-37(56)58)52-40(62)33(30-68-70-45(5,6)7)54-43(65)47(11,12)24-27-66-44(2,3)4/h20-21,32-35H,16-19,22-31,50H2,1-15H3,(H,51,64)(H,52,62)(H,53,61)(H,54,65)(H,55,63)(H,59,60). The number of ether oxygens (including phenoxy) is 2. The van der Waals surface area contributed by atoms with Crippen molar-refractivity contribution in [1.29, 1.82) is 0 Å². The van der Waals surface area contributed by atoms with Gasteiger partial charge in [0, 0.05) is 76.8 Å². The summed E-state index contributed by atoms with van der Waals surface area (Å²) in [4.78, 5) is 107. The Balaban J connectivity index is 3.49. The number of nitrogens with two attached hydrogens (primary N) is 1. The summed E-state index contributed by atoms with van der Waals surface area (Å²) in [5, 5.41) is 23.8. The molecule has 0 aliphatic carbocycles. The minimum atomic E-state index is -1.21. The van der Waals surface area contributed by atoms with Crippen molar-refractivity contribution in [1.82, 2.24) is 31.5 Å². The molecule has 1 rings (SSSR count). The largest absolute Gasteiger partial charge is 0.481 e. The molecule has 5 unspecified atom stereocenters. The molecule has 22 heteroatoms. The molecular formula is C49H87N7O11S4. The highest BCUT2D eigenvalue weighted by Gasteiger charge is 2.37. The summed E-state index contributed by atoms with van der Waals surface area (Å²) < 4.78 is 11.7. The minimum absolute atomic E-state index is 0.0387. The van der Waals surface area contributed by atoms with E-state index in [1.54, 1.807) is 35.4 Å². The first-order valence-electron chi connectivity index (χ1n) is 24.4. The number of carboxylic acids is 1. The Bertz CT molecular complexity index is 1810. The fourth-order valence-corrected chi connectivity index (χ4v) is 11.4. The number of rotatable bonds is 33.